The van der Waals surface area contributed by atoms with Crippen LogP contribution in [0.2, 0.25) is 0 Å². The standard InChI is InChI=1S/C37H36F8N2O2.2C4H4O4/c38-32-14-6-28(7-15-32)34(26-2-10-30(11-3-26)36(40,41)42)48-24-1-18-46-19-21-47(22-20-46)23-25-49-35(29-8-16-33(39)17-9-29)27-4-12-31(13-5-27)37(43,44)45;2*5-3(6)1-2-4(7)8/h2-17,34-35H,1,18-25H2;2*1-2H,(H,5,6)(H,7,8)/b;2*2-1-. The summed E-state index contributed by atoms with van der Waals surface area (Å²) in [6.07, 6.45) is -7.32. The number of carboxylic acid groups (broad SMARTS) is 4. The predicted octanol–water partition coefficient (Wildman–Crippen LogP) is 8.35. The number of ether oxygens (including phenoxy) is 2. The zero-order valence-corrected chi connectivity index (χ0v) is 34.2. The molecular weight excluding hydrogens is 880 g/mol. The van der Waals surface area contributed by atoms with E-state index in [0.717, 1.165) is 57.0 Å². The van der Waals surface area contributed by atoms with Crippen LogP contribution in [-0.2, 0) is 41.0 Å². The summed E-state index contributed by atoms with van der Waals surface area (Å²) < 4.78 is 118. The van der Waals surface area contributed by atoms with Crippen molar-refractivity contribution in [1.29, 1.82) is 0 Å². The molecule has 1 aliphatic heterocycles. The number of hydrogen-bond donors (Lipinski definition) is 4. The van der Waals surface area contributed by atoms with Gasteiger partial charge in [-0.15, -0.1) is 0 Å². The summed E-state index contributed by atoms with van der Waals surface area (Å²) >= 11 is 0. The Hall–Kier alpha value is -6.48. The lowest BCUT2D eigenvalue weighted by Crippen LogP contribution is -2.47. The highest BCUT2D eigenvalue weighted by Gasteiger charge is 2.31. The quantitative estimate of drug-likeness (QED) is 0.0454. The largest absolute Gasteiger partial charge is 0.478 e. The first-order chi connectivity index (χ1) is 30.6. The number of nitrogens with zero attached hydrogens (tertiary/aromatic N) is 2. The monoisotopic (exact) mass is 924 g/mol. The highest BCUT2D eigenvalue weighted by molar-refractivity contribution is 5.90. The van der Waals surface area contributed by atoms with Gasteiger partial charge in [0, 0.05) is 70.2 Å². The molecule has 65 heavy (non-hydrogen) atoms. The second-order valence-corrected chi connectivity index (χ2v) is 13.9. The average molecular weight is 925 g/mol. The molecule has 20 heteroatoms. The number of rotatable bonds is 17. The van der Waals surface area contributed by atoms with E-state index in [9.17, 15) is 54.3 Å². The van der Waals surface area contributed by atoms with Gasteiger partial charge in [-0.3, -0.25) is 4.90 Å². The zero-order chi connectivity index (χ0) is 48.2. The molecule has 5 rings (SSSR count). The summed E-state index contributed by atoms with van der Waals surface area (Å²) in [5.74, 6) is -5.88. The summed E-state index contributed by atoms with van der Waals surface area (Å²) in [5, 5.41) is 31.2. The molecule has 1 heterocycles. The molecule has 4 N–H and O–H groups in total. The first-order valence-electron chi connectivity index (χ1n) is 19.4. The number of piperazine rings is 1. The Morgan fingerprint density at radius 1 is 0.477 bits per heavy atom. The second-order valence-electron chi connectivity index (χ2n) is 13.9. The van der Waals surface area contributed by atoms with E-state index in [0.29, 0.717) is 72.7 Å². The Morgan fingerprint density at radius 3 is 1.05 bits per heavy atom. The van der Waals surface area contributed by atoms with Crippen LogP contribution < -0.4 is 0 Å². The van der Waals surface area contributed by atoms with Crippen LogP contribution in [0, 0.1) is 11.6 Å². The fourth-order valence-corrected chi connectivity index (χ4v) is 6.05. The molecule has 0 amide bonds. The van der Waals surface area contributed by atoms with E-state index in [4.69, 9.17) is 29.9 Å². The van der Waals surface area contributed by atoms with Gasteiger partial charge >= 0.3 is 36.2 Å². The molecule has 0 radical (unpaired) electrons. The molecule has 1 aliphatic rings. The van der Waals surface area contributed by atoms with Crippen molar-refractivity contribution < 1.29 is 84.2 Å². The van der Waals surface area contributed by atoms with Crippen molar-refractivity contribution in [3.63, 3.8) is 0 Å². The van der Waals surface area contributed by atoms with E-state index in [2.05, 4.69) is 9.80 Å². The second kappa shape index (κ2) is 25.7. The van der Waals surface area contributed by atoms with Gasteiger partial charge in [0.15, 0.2) is 0 Å². The Kier molecular flexibility index (Phi) is 20.9. The molecule has 1 saturated heterocycles. The first-order valence-corrected chi connectivity index (χ1v) is 19.4. The molecule has 0 spiro atoms. The van der Waals surface area contributed by atoms with Crippen LogP contribution in [0.15, 0.2) is 121 Å². The predicted molar refractivity (Wildman–Crippen MR) is 218 cm³/mol. The smallest absolute Gasteiger partial charge is 0.416 e. The molecule has 1 fully saturated rings. The normalized spacial score (nSPS) is 14.5. The van der Waals surface area contributed by atoms with Gasteiger partial charge in [-0.2, -0.15) is 26.3 Å². The summed E-state index contributed by atoms with van der Waals surface area (Å²) in [7, 11) is 0. The van der Waals surface area contributed by atoms with Crippen LogP contribution in [0.25, 0.3) is 0 Å². The Labute approximate surface area is 367 Å². The fourth-order valence-electron chi connectivity index (χ4n) is 6.05. The van der Waals surface area contributed by atoms with Crippen molar-refractivity contribution in [2.75, 3.05) is 52.5 Å². The van der Waals surface area contributed by atoms with E-state index >= 15 is 0 Å². The van der Waals surface area contributed by atoms with Crippen molar-refractivity contribution in [2.45, 2.75) is 31.0 Å². The van der Waals surface area contributed by atoms with Gasteiger partial charge < -0.3 is 34.8 Å². The van der Waals surface area contributed by atoms with Gasteiger partial charge in [0.05, 0.1) is 17.7 Å². The van der Waals surface area contributed by atoms with Crippen molar-refractivity contribution in [3.05, 3.63) is 166 Å². The third-order valence-electron chi connectivity index (χ3n) is 9.22. The van der Waals surface area contributed by atoms with Crippen molar-refractivity contribution in [2.24, 2.45) is 0 Å². The van der Waals surface area contributed by atoms with Crippen molar-refractivity contribution >= 4 is 23.9 Å². The van der Waals surface area contributed by atoms with E-state index in [1.54, 1.807) is 24.3 Å². The maximum atomic E-state index is 13.6. The first kappa shape index (κ1) is 52.9. The van der Waals surface area contributed by atoms with Gasteiger partial charge in [-0.25, -0.2) is 28.0 Å². The maximum Gasteiger partial charge on any atom is 0.416 e. The highest BCUT2D eigenvalue weighted by Crippen LogP contribution is 2.34. The minimum atomic E-state index is -4.46. The third-order valence-corrected chi connectivity index (χ3v) is 9.22. The summed E-state index contributed by atoms with van der Waals surface area (Å²) in [6.45, 7) is 5.12. The number of halogens is 8. The molecule has 350 valence electrons. The Bertz CT molecular complexity index is 2110. The van der Waals surface area contributed by atoms with Gasteiger partial charge in [0.1, 0.15) is 23.8 Å². The molecule has 0 aliphatic carbocycles. The third kappa shape index (κ3) is 19.8. The van der Waals surface area contributed by atoms with Crippen LogP contribution in [0.5, 0.6) is 0 Å². The Morgan fingerprint density at radius 2 is 0.754 bits per heavy atom. The number of aliphatic carboxylic acids is 4. The molecule has 0 aromatic heterocycles. The molecule has 4 aromatic carbocycles. The maximum absolute atomic E-state index is 13.6. The van der Waals surface area contributed by atoms with Crippen LogP contribution >= 0.6 is 0 Å². The average Bonchev–Trinajstić information content (AvgIpc) is 3.25. The van der Waals surface area contributed by atoms with Crippen LogP contribution in [0.3, 0.4) is 0 Å². The van der Waals surface area contributed by atoms with Crippen LogP contribution in [0.4, 0.5) is 35.1 Å². The van der Waals surface area contributed by atoms with Crippen molar-refractivity contribution in [3.8, 4) is 0 Å². The van der Waals surface area contributed by atoms with Crippen LogP contribution in [-0.4, -0.2) is 107 Å². The van der Waals surface area contributed by atoms with Crippen molar-refractivity contribution in [1.82, 2.24) is 9.80 Å². The number of benzene rings is 4. The highest BCUT2D eigenvalue weighted by atomic mass is 19.4. The number of carboxylic acids is 4. The van der Waals surface area contributed by atoms with E-state index in [1.807, 2.05) is 0 Å². The summed E-state index contributed by atoms with van der Waals surface area (Å²) in [4.78, 5) is 42.7. The lowest BCUT2D eigenvalue weighted by atomic mass is 10.00. The molecule has 0 bridgehead atoms. The van der Waals surface area contributed by atoms with Gasteiger partial charge in [-0.1, -0.05) is 48.5 Å². The number of hydrogen-bond acceptors (Lipinski definition) is 8. The summed E-state index contributed by atoms with van der Waals surface area (Å²) in [5.41, 5.74) is 0.823. The SMILES string of the molecule is Fc1ccc(C(OCCCN2CCN(CCOC(c3ccc(F)cc3)c3ccc(C(F)(F)F)cc3)CC2)c2ccc(C(F)(F)F)cc2)cc1.O=C(O)/C=C\C(=O)O.O=C(O)/C=C\C(=O)O. The minimum absolute atomic E-state index is 0.311. The number of alkyl halides is 6. The molecule has 2 atom stereocenters. The van der Waals surface area contributed by atoms with Gasteiger partial charge in [0.25, 0.3) is 0 Å². The van der Waals surface area contributed by atoms with Crippen LogP contribution in [0.1, 0.15) is 52.0 Å². The molecule has 12 nitrogen and oxygen atoms in total. The zero-order valence-electron chi connectivity index (χ0n) is 34.2. The van der Waals surface area contributed by atoms with Gasteiger partial charge in [-0.05, 0) is 77.2 Å². The molecular formula is C45H44F8N2O10. The number of carbonyl (C=O) groups is 4. The molecule has 4 aromatic rings. The minimum Gasteiger partial charge on any atom is -0.478 e. The lowest BCUT2D eigenvalue weighted by Gasteiger charge is -2.35. The molecule has 2 unspecified atom stereocenters. The lowest BCUT2D eigenvalue weighted by molar-refractivity contribution is -0.138. The molecule has 0 saturated carbocycles. The topological polar surface area (TPSA) is 174 Å². The van der Waals surface area contributed by atoms with E-state index in [1.165, 1.54) is 48.5 Å². The Balaban J connectivity index is 0.000000596. The van der Waals surface area contributed by atoms with E-state index in [-0.39, 0.29) is 0 Å². The summed E-state index contributed by atoms with van der Waals surface area (Å²) in [6, 6.07) is 21.0. The fraction of sp³-hybridized carbons (Fsp3) is 0.289. The van der Waals surface area contributed by atoms with E-state index < -0.39 is 71.2 Å². The van der Waals surface area contributed by atoms with Gasteiger partial charge in [0.2, 0.25) is 0 Å².